The highest BCUT2D eigenvalue weighted by atomic mass is 32.2. The lowest BCUT2D eigenvalue weighted by Gasteiger charge is -2.28. The highest BCUT2D eigenvalue weighted by molar-refractivity contribution is 7.85. The zero-order chi connectivity index (χ0) is 18.8. The second-order valence-electron chi connectivity index (χ2n) is 6.94. The summed E-state index contributed by atoms with van der Waals surface area (Å²) in [6.07, 6.45) is -0.859. The van der Waals surface area contributed by atoms with E-state index in [1.54, 1.807) is 6.07 Å². The molecule has 1 heterocycles. The van der Waals surface area contributed by atoms with E-state index in [9.17, 15) is 9.32 Å². The fraction of sp³-hybridized carbons (Fsp3) is 0.421. The summed E-state index contributed by atoms with van der Waals surface area (Å²) in [6, 6.07) is 9.04. The molecule has 1 aromatic carbocycles. The van der Waals surface area contributed by atoms with Crippen LogP contribution in [0.2, 0.25) is 0 Å². The molecule has 0 unspecified atom stereocenters. The van der Waals surface area contributed by atoms with Crippen molar-refractivity contribution < 1.29 is 18.8 Å². The van der Waals surface area contributed by atoms with Gasteiger partial charge in [-0.15, -0.1) is 0 Å². The van der Waals surface area contributed by atoms with E-state index >= 15 is 0 Å². The Morgan fingerprint density at radius 1 is 1.12 bits per heavy atom. The van der Waals surface area contributed by atoms with Crippen LogP contribution >= 0.6 is 0 Å². The molecular weight excluding hydrogens is 338 g/mol. The standard InChI is InChI=1S/C19H25NO4S/c1-12-7-9-13(10-8-12)25(22)16-14(17(21)19(2,3)4)11-15(23-5)20-18(16)24-6/h7-11,17,21H,1-6H3/t17-,25-/m0/s1. The summed E-state index contributed by atoms with van der Waals surface area (Å²) in [4.78, 5) is 5.24. The molecule has 2 atom stereocenters. The predicted octanol–water partition coefficient (Wildman–Crippen LogP) is 3.65. The Labute approximate surface area is 151 Å². The minimum Gasteiger partial charge on any atom is -0.481 e. The van der Waals surface area contributed by atoms with Gasteiger partial charge in [0, 0.05) is 16.5 Å². The van der Waals surface area contributed by atoms with Crippen LogP contribution in [0.4, 0.5) is 0 Å². The molecule has 2 rings (SSSR count). The minimum atomic E-state index is -1.55. The van der Waals surface area contributed by atoms with Crippen molar-refractivity contribution in [2.45, 2.75) is 43.6 Å². The number of rotatable bonds is 5. The first-order chi connectivity index (χ1) is 11.7. The third-order valence-electron chi connectivity index (χ3n) is 3.88. The molecule has 0 aliphatic heterocycles. The van der Waals surface area contributed by atoms with Gasteiger partial charge in [-0.2, -0.15) is 4.98 Å². The Hall–Kier alpha value is -1.92. The van der Waals surface area contributed by atoms with Gasteiger partial charge < -0.3 is 14.6 Å². The molecule has 0 saturated heterocycles. The second kappa shape index (κ2) is 7.54. The smallest absolute Gasteiger partial charge is 0.233 e. The molecule has 0 amide bonds. The largest absolute Gasteiger partial charge is 0.481 e. The Kier molecular flexibility index (Phi) is 5.85. The normalized spacial score (nSPS) is 14.0. The second-order valence-corrected chi connectivity index (χ2v) is 8.36. The molecule has 0 fully saturated rings. The molecule has 1 N–H and O–H groups in total. The van der Waals surface area contributed by atoms with Gasteiger partial charge in [-0.1, -0.05) is 38.5 Å². The fourth-order valence-electron chi connectivity index (χ4n) is 2.38. The number of aromatic nitrogens is 1. The first-order valence-corrected chi connectivity index (χ1v) is 9.13. The van der Waals surface area contributed by atoms with Gasteiger partial charge in [0.2, 0.25) is 11.8 Å². The van der Waals surface area contributed by atoms with E-state index in [0.29, 0.717) is 21.2 Å². The van der Waals surface area contributed by atoms with Crippen LogP contribution in [-0.4, -0.2) is 28.5 Å². The molecule has 1 aromatic heterocycles. The van der Waals surface area contributed by atoms with Crippen molar-refractivity contribution in [3.63, 3.8) is 0 Å². The SMILES string of the molecule is COc1cc([C@H](O)C(C)(C)C)c([S@@](=O)c2ccc(C)cc2)c(OC)n1. The molecular formula is C19H25NO4S. The van der Waals surface area contributed by atoms with Crippen LogP contribution < -0.4 is 9.47 Å². The van der Waals surface area contributed by atoms with Crippen LogP contribution in [0.1, 0.15) is 38.0 Å². The van der Waals surface area contributed by atoms with Crippen molar-refractivity contribution in [2.24, 2.45) is 5.41 Å². The van der Waals surface area contributed by atoms with Crippen molar-refractivity contribution in [3.8, 4) is 11.8 Å². The van der Waals surface area contributed by atoms with E-state index in [0.717, 1.165) is 5.56 Å². The number of hydrogen-bond acceptors (Lipinski definition) is 5. The number of aliphatic hydroxyl groups is 1. The molecule has 6 heteroatoms. The van der Waals surface area contributed by atoms with Crippen LogP contribution in [-0.2, 0) is 10.8 Å². The summed E-state index contributed by atoms with van der Waals surface area (Å²) in [5, 5.41) is 10.8. The Morgan fingerprint density at radius 2 is 1.72 bits per heavy atom. The summed E-state index contributed by atoms with van der Waals surface area (Å²) in [7, 11) is 1.41. The maximum atomic E-state index is 13.2. The zero-order valence-electron chi connectivity index (χ0n) is 15.5. The Balaban J connectivity index is 2.69. The quantitative estimate of drug-likeness (QED) is 0.878. The molecule has 0 radical (unpaired) electrons. The van der Waals surface area contributed by atoms with E-state index < -0.39 is 22.3 Å². The minimum absolute atomic E-state index is 0.191. The first-order valence-electron chi connectivity index (χ1n) is 7.98. The highest BCUT2D eigenvalue weighted by Crippen LogP contribution is 2.41. The lowest BCUT2D eigenvalue weighted by molar-refractivity contribution is 0.0595. The number of nitrogens with zero attached hydrogens (tertiary/aromatic N) is 1. The molecule has 0 saturated carbocycles. The monoisotopic (exact) mass is 363 g/mol. The van der Waals surface area contributed by atoms with Gasteiger partial charge in [0.1, 0.15) is 4.90 Å². The topological polar surface area (TPSA) is 68.7 Å². The van der Waals surface area contributed by atoms with Crippen molar-refractivity contribution in [3.05, 3.63) is 41.5 Å². The number of benzene rings is 1. The van der Waals surface area contributed by atoms with Crippen LogP contribution in [0, 0.1) is 12.3 Å². The lowest BCUT2D eigenvalue weighted by Crippen LogP contribution is -2.20. The summed E-state index contributed by atoms with van der Waals surface area (Å²) in [5.74, 6) is 0.497. The summed E-state index contributed by atoms with van der Waals surface area (Å²) in [5.41, 5.74) is 1.12. The summed E-state index contributed by atoms with van der Waals surface area (Å²) >= 11 is 0. The van der Waals surface area contributed by atoms with Crippen molar-refractivity contribution in [1.82, 2.24) is 4.98 Å². The molecule has 0 aliphatic carbocycles. The number of methoxy groups -OCH3 is 2. The predicted molar refractivity (Wildman–Crippen MR) is 97.6 cm³/mol. The first kappa shape index (κ1) is 19.4. The van der Waals surface area contributed by atoms with Gasteiger partial charge in [0.25, 0.3) is 0 Å². The number of hydrogen-bond donors (Lipinski definition) is 1. The third-order valence-corrected chi connectivity index (χ3v) is 5.37. The van der Waals surface area contributed by atoms with Gasteiger partial charge in [-0.25, -0.2) is 4.21 Å². The maximum absolute atomic E-state index is 13.2. The van der Waals surface area contributed by atoms with Gasteiger partial charge in [0.05, 0.1) is 31.1 Å². The third kappa shape index (κ3) is 4.19. The van der Waals surface area contributed by atoms with Gasteiger partial charge in [-0.3, -0.25) is 0 Å². The molecule has 0 aliphatic rings. The van der Waals surface area contributed by atoms with Gasteiger partial charge >= 0.3 is 0 Å². The van der Waals surface area contributed by atoms with Crippen LogP contribution in [0.3, 0.4) is 0 Å². The van der Waals surface area contributed by atoms with E-state index in [4.69, 9.17) is 9.47 Å². The fourth-order valence-corrected chi connectivity index (χ4v) is 3.67. The van der Waals surface area contributed by atoms with E-state index in [2.05, 4.69) is 4.98 Å². The molecule has 25 heavy (non-hydrogen) atoms. The Bertz CT molecular complexity index is 766. The van der Waals surface area contributed by atoms with Crippen molar-refractivity contribution in [2.75, 3.05) is 14.2 Å². The van der Waals surface area contributed by atoms with E-state index in [1.807, 2.05) is 52.0 Å². The van der Waals surface area contributed by atoms with Gasteiger partial charge in [-0.05, 0) is 24.5 Å². The van der Waals surface area contributed by atoms with E-state index in [-0.39, 0.29) is 5.88 Å². The van der Waals surface area contributed by atoms with Gasteiger partial charge in [0.15, 0.2) is 0 Å². The van der Waals surface area contributed by atoms with Crippen LogP contribution in [0.15, 0.2) is 40.1 Å². The molecule has 2 aromatic rings. The van der Waals surface area contributed by atoms with E-state index in [1.165, 1.54) is 14.2 Å². The van der Waals surface area contributed by atoms with Crippen LogP contribution in [0.25, 0.3) is 0 Å². The molecule has 0 bridgehead atoms. The average Bonchev–Trinajstić information content (AvgIpc) is 2.59. The lowest BCUT2D eigenvalue weighted by atomic mass is 9.85. The number of ether oxygens (including phenoxy) is 2. The highest BCUT2D eigenvalue weighted by Gasteiger charge is 2.31. The van der Waals surface area contributed by atoms with Crippen molar-refractivity contribution in [1.29, 1.82) is 0 Å². The number of pyridine rings is 1. The molecule has 136 valence electrons. The number of aryl methyl sites for hydroxylation is 1. The molecule has 0 spiro atoms. The van der Waals surface area contributed by atoms with Crippen LogP contribution in [0.5, 0.6) is 11.8 Å². The molecule has 5 nitrogen and oxygen atoms in total. The summed E-state index contributed by atoms with van der Waals surface area (Å²) in [6.45, 7) is 7.71. The number of aliphatic hydroxyl groups excluding tert-OH is 1. The summed E-state index contributed by atoms with van der Waals surface area (Å²) < 4.78 is 23.8. The van der Waals surface area contributed by atoms with Crippen molar-refractivity contribution >= 4 is 10.8 Å². The zero-order valence-corrected chi connectivity index (χ0v) is 16.3. The Morgan fingerprint density at radius 3 is 2.20 bits per heavy atom. The maximum Gasteiger partial charge on any atom is 0.233 e. The average molecular weight is 363 g/mol.